The lowest BCUT2D eigenvalue weighted by Crippen LogP contribution is -2.03. The largest absolute Gasteiger partial charge is 0.476 e. The van der Waals surface area contributed by atoms with Gasteiger partial charge in [-0.25, -0.2) is 14.8 Å². The molecule has 0 amide bonds. The zero-order valence-electron chi connectivity index (χ0n) is 8.76. The van der Waals surface area contributed by atoms with Crippen molar-refractivity contribution in [1.82, 2.24) is 14.4 Å². The molecule has 2 aromatic rings. The number of aryl methyl sites for hydroxylation is 1. The summed E-state index contributed by atoms with van der Waals surface area (Å²) in [5, 5.41) is 8.78. The normalized spacial score (nSPS) is 10.6. The molecule has 2 heterocycles. The Balaban J connectivity index is 2.74. The average molecular weight is 219 g/mol. The molecule has 0 unspecified atom stereocenters. The number of aromatic carboxylic acids is 1. The summed E-state index contributed by atoms with van der Waals surface area (Å²) in [7, 11) is 0. The second kappa shape index (κ2) is 3.41. The Hall–Kier alpha value is -2.24. The summed E-state index contributed by atoms with van der Waals surface area (Å²) >= 11 is 0. The molecule has 0 aliphatic heterocycles. The number of carbonyl (C=O) groups excluding carboxylic acids is 1. The summed E-state index contributed by atoms with van der Waals surface area (Å²) < 4.78 is 1.50. The van der Waals surface area contributed by atoms with Crippen LogP contribution in [0.5, 0.6) is 0 Å². The molecule has 0 atom stereocenters. The highest BCUT2D eigenvalue weighted by atomic mass is 16.4. The molecular formula is C10H9N3O3. The van der Waals surface area contributed by atoms with Crippen molar-refractivity contribution < 1.29 is 14.7 Å². The first-order valence-corrected chi connectivity index (χ1v) is 4.59. The lowest BCUT2D eigenvalue weighted by atomic mass is 10.2. The molecule has 6 nitrogen and oxygen atoms in total. The Labute approximate surface area is 90.6 Å². The number of ketones is 1. The minimum absolute atomic E-state index is 0.0868. The number of hydrogen-bond donors (Lipinski definition) is 1. The maximum absolute atomic E-state index is 11.3. The maximum atomic E-state index is 11.3. The molecule has 1 N–H and O–H groups in total. The van der Waals surface area contributed by atoms with E-state index in [0.29, 0.717) is 11.3 Å². The van der Waals surface area contributed by atoms with Gasteiger partial charge in [0.15, 0.2) is 11.5 Å². The number of carboxylic acid groups (broad SMARTS) is 1. The molecule has 0 bridgehead atoms. The standard InChI is InChI=1S/C10H9N3O3/c1-5-7(6(2)14)3-11-10-12-8(9(15)16)4-13(5)10/h3-4H,1-2H3,(H,15,16). The summed E-state index contributed by atoms with van der Waals surface area (Å²) in [5.41, 5.74) is 1.01. The first kappa shape index (κ1) is 10.3. The summed E-state index contributed by atoms with van der Waals surface area (Å²) in [5.74, 6) is -0.952. The molecule has 0 aliphatic carbocycles. The summed E-state index contributed by atoms with van der Waals surface area (Å²) in [6.45, 7) is 3.16. The number of imidazole rings is 1. The van der Waals surface area contributed by atoms with Crippen LogP contribution in [0.15, 0.2) is 12.4 Å². The minimum Gasteiger partial charge on any atom is -0.476 e. The molecule has 0 fully saturated rings. The van der Waals surface area contributed by atoms with Crippen LogP contribution in [0.1, 0.15) is 33.5 Å². The van der Waals surface area contributed by atoms with E-state index in [-0.39, 0.29) is 17.3 Å². The van der Waals surface area contributed by atoms with Gasteiger partial charge in [0.2, 0.25) is 5.78 Å². The summed E-state index contributed by atoms with van der Waals surface area (Å²) in [6, 6.07) is 0. The minimum atomic E-state index is -1.12. The Bertz CT molecular complexity index is 601. The van der Waals surface area contributed by atoms with Crippen LogP contribution in [-0.2, 0) is 0 Å². The second-order valence-corrected chi connectivity index (χ2v) is 3.41. The zero-order valence-corrected chi connectivity index (χ0v) is 8.76. The first-order chi connectivity index (χ1) is 7.50. The first-order valence-electron chi connectivity index (χ1n) is 4.59. The lowest BCUT2D eigenvalue weighted by Gasteiger charge is -2.03. The molecule has 0 saturated carbocycles. The van der Waals surface area contributed by atoms with Crippen molar-refractivity contribution in [2.45, 2.75) is 13.8 Å². The van der Waals surface area contributed by atoms with E-state index in [1.807, 2.05) is 0 Å². The SMILES string of the molecule is CC(=O)c1cnc2nc(C(=O)O)cn2c1C. The van der Waals surface area contributed by atoms with Crippen molar-refractivity contribution in [3.05, 3.63) is 29.3 Å². The Morgan fingerprint density at radius 3 is 2.69 bits per heavy atom. The number of hydrogen-bond acceptors (Lipinski definition) is 4. The number of nitrogens with zero attached hydrogens (tertiary/aromatic N) is 3. The third-order valence-electron chi connectivity index (χ3n) is 2.35. The van der Waals surface area contributed by atoms with E-state index in [9.17, 15) is 9.59 Å². The predicted molar refractivity (Wildman–Crippen MR) is 54.7 cm³/mol. The Kier molecular flexibility index (Phi) is 2.19. The second-order valence-electron chi connectivity index (χ2n) is 3.41. The predicted octanol–water partition coefficient (Wildman–Crippen LogP) is 0.939. The molecule has 16 heavy (non-hydrogen) atoms. The van der Waals surface area contributed by atoms with Gasteiger partial charge in [0.25, 0.3) is 0 Å². The number of Topliss-reactive ketones (excluding diaryl/α,β-unsaturated/α-hetero) is 1. The average Bonchev–Trinajstić information content (AvgIpc) is 2.62. The van der Waals surface area contributed by atoms with Gasteiger partial charge in [0.1, 0.15) is 0 Å². The zero-order chi connectivity index (χ0) is 11.9. The van der Waals surface area contributed by atoms with E-state index >= 15 is 0 Å². The third kappa shape index (κ3) is 1.44. The van der Waals surface area contributed by atoms with Crippen LogP contribution in [-0.4, -0.2) is 31.2 Å². The van der Waals surface area contributed by atoms with E-state index in [0.717, 1.165) is 0 Å². The fraction of sp³-hybridized carbons (Fsp3) is 0.200. The highest BCUT2D eigenvalue weighted by molar-refractivity contribution is 5.95. The highest BCUT2D eigenvalue weighted by Gasteiger charge is 2.13. The number of carbonyl (C=O) groups is 2. The van der Waals surface area contributed by atoms with Crippen molar-refractivity contribution in [1.29, 1.82) is 0 Å². The molecule has 0 spiro atoms. The molecule has 2 rings (SSSR count). The van der Waals surface area contributed by atoms with Gasteiger partial charge in [-0.05, 0) is 13.8 Å². The van der Waals surface area contributed by atoms with Crippen molar-refractivity contribution in [3.63, 3.8) is 0 Å². The van der Waals surface area contributed by atoms with E-state index in [2.05, 4.69) is 9.97 Å². The molecule has 0 aliphatic rings. The van der Waals surface area contributed by atoms with Crippen LogP contribution < -0.4 is 0 Å². The van der Waals surface area contributed by atoms with Gasteiger partial charge < -0.3 is 5.11 Å². The fourth-order valence-corrected chi connectivity index (χ4v) is 1.50. The van der Waals surface area contributed by atoms with Gasteiger partial charge in [-0.1, -0.05) is 0 Å². The summed E-state index contributed by atoms with van der Waals surface area (Å²) in [6.07, 6.45) is 2.76. The third-order valence-corrected chi connectivity index (χ3v) is 2.35. The van der Waals surface area contributed by atoms with Crippen LogP contribution in [0.4, 0.5) is 0 Å². The quantitative estimate of drug-likeness (QED) is 0.760. The summed E-state index contributed by atoms with van der Waals surface area (Å²) in [4.78, 5) is 29.7. The van der Waals surface area contributed by atoms with Gasteiger partial charge >= 0.3 is 5.97 Å². The topological polar surface area (TPSA) is 84.6 Å². The van der Waals surface area contributed by atoms with Crippen LogP contribution in [0.25, 0.3) is 5.78 Å². The van der Waals surface area contributed by atoms with E-state index in [4.69, 9.17) is 5.11 Å². The van der Waals surface area contributed by atoms with Gasteiger partial charge in [0.05, 0.1) is 5.56 Å². The molecule has 0 radical (unpaired) electrons. The molecule has 0 saturated heterocycles. The lowest BCUT2D eigenvalue weighted by molar-refractivity contribution is 0.0691. The van der Waals surface area contributed by atoms with Crippen LogP contribution in [0.3, 0.4) is 0 Å². The van der Waals surface area contributed by atoms with E-state index < -0.39 is 5.97 Å². The Morgan fingerprint density at radius 2 is 2.12 bits per heavy atom. The van der Waals surface area contributed by atoms with Crippen molar-refractivity contribution in [2.75, 3.05) is 0 Å². The van der Waals surface area contributed by atoms with Crippen molar-refractivity contribution in [3.8, 4) is 0 Å². The monoisotopic (exact) mass is 219 g/mol. The van der Waals surface area contributed by atoms with E-state index in [1.54, 1.807) is 6.92 Å². The van der Waals surface area contributed by atoms with Gasteiger partial charge in [-0.2, -0.15) is 0 Å². The molecule has 6 heteroatoms. The molecular weight excluding hydrogens is 210 g/mol. The number of aromatic nitrogens is 3. The van der Waals surface area contributed by atoms with E-state index in [1.165, 1.54) is 23.7 Å². The molecule has 0 aromatic carbocycles. The number of fused-ring (bicyclic) bond motifs is 1. The van der Waals surface area contributed by atoms with Crippen molar-refractivity contribution in [2.24, 2.45) is 0 Å². The number of rotatable bonds is 2. The van der Waals surface area contributed by atoms with Crippen molar-refractivity contribution >= 4 is 17.5 Å². The van der Waals surface area contributed by atoms with Crippen LogP contribution in [0, 0.1) is 6.92 Å². The Morgan fingerprint density at radius 1 is 1.44 bits per heavy atom. The molecule has 2 aromatic heterocycles. The fourth-order valence-electron chi connectivity index (χ4n) is 1.50. The van der Waals surface area contributed by atoms with Gasteiger partial charge in [-0.15, -0.1) is 0 Å². The van der Waals surface area contributed by atoms with Crippen LogP contribution >= 0.6 is 0 Å². The smallest absolute Gasteiger partial charge is 0.356 e. The molecule has 82 valence electrons. The number of carboxylic acids is 1. The van der Waals surface area contributed by atoms with Gasteiger partial charge in [0, 0.05) is 18.1 Å². The van der Waals surface area contributed by atoms with Gasteiger partial charge in [-0.3, -0.25) is 9.20 Å². The maximum Gasteiger partial charge on any atom is 0.356 e. The highest BCUT2D eigenvalue weighted by Crippen LogP contribution is 2.11. The van der Waals surface area contributed by atoms with Crippen LogP contribution in [0.2, 0.25) is 0 Å².